The molecule has 0 heterocycles. The Bertz CT molecular complexity index is 284. The van der Waals surface area contributed by atoms with Crippen molar-refractivity contribution in [3.05, 3.63) is 35.4 Å². The molecule has 72 valence electrons. The average molecular weight is 185 g/mol. The van der Waals surface area contributed by atoms with Gasteiger partial charge >= 0.3 is 0 Å². The molecule has 0 fully saturated rings. The van der Waals surface area contributed by atoms with Crippen molar-refractivity contribution in [3.8, 4) is 0 Å². The lowest BCUT2D eigenvalue weighted by molar-refractivity contribution is 0.540. The molecule has 0 aliphatic rings. The fourth-order valence-electron chi connectivity index (χ4n) is 0.979. The van der Waals surface area contributed by atoms with Crippen molar-refractivity contribution in [2.24, 2.45) is 0 Å². The second kappa shape index (κ2) is 4.33. The molecule has 3 heteroatoms. The van der Waals surface area contributed by atoms with E-state index < -0.39 is 11.6 Å². The van der Waals surface area contributed by atoms with Crippen LogP contribution in [0.3, 0.4) is 0 Å². The Morgan fingerprint density at radius 1 is 1.31 bits per heavy atom. The third-order valence-corrected chi connectivity index (χ3v) is 1.72. The molecule has 1 aromatic carbocycles. The second-order valence-corrected chi connectivity index (χ2v) is 3.27. The number of halogens is 2. The Morgan fingerprint density at radius 3 is 2.54 bits per heavy atom. The van der Waals surface area contributed by atoms with Crippen molar-refractivity contribution in [3.63, 3.8) is 0 Å². The van der Waals surface area contributed by atoms with Gasteiger partial charge in [-0.25, -0.2) is 8.78 Å². The molecule has 1 N–H and O–H groups in total. The van der Waals surface area contributed by atoms with Crippen LogP contribution in [0.5, 0.6) is 0 Å². The zero-order valence-corrected chi connectivity index (χ0v) is 7.77. The number of rotatable bonds is 3. The molecule has 0 unspecified atom stereocenters. The van der Waals surface area contributed by atoms with Crippen LogP contribution >= 0.6 is 0 Å². The first-order valence-corrected chi connectivity index (χ1v) is 4.27. The van der Waals surface area contributed by atoms with Crippen LogP contribution in [0.4, 0.5) is 8.78 Å². The molecule has 0 atom stereocenters. The lowest BCUT2D eigenvalue weighted by Crippen LogP contribution is -2.22. The molecule has 0 aromatic heterocycles. The van der Waals surface area contributed by atoms with Gasteiger partial charge in [-0.05, 0) is 6.07 Å². The molecule has 0 saturated carbocycles. The van der Waals surface area contributed by atoms with Crippen LogP contribution in [-0.2, 0) is 6.54 Å². The van der Waals surface area contributed by atoms with Gasteiger partial charge in [-0.3, -0.25) is 0 Å². The van der Waals surface area contributed by atoms with E-state index in [0.29, 0.717) is 18.2 Å². The number of benzene rings is 1. The summed E-state index contributed by atoms with van der Waals surface area (Å²) in [7, 11) is 0. The van der Waals surface area contributed by atoms with Gasteiger partial charge in [0.1, 0.15) is 11.6 Å². The van der Waals surface area contributed by atoms with Crippen molar-refractivity contribution in [2.45, 2.75) is 26.4 Å². The van der Waals surface area contributed by atoms with Crippen molar-refractivity contribution >= 4 is 0 Å². The van der Waals surface area contributed by atoms with Gasteiger partial charge in [-0.15, -0.1) is 0 Å². The fraction of sp³-hybridized carbons (Fsp3) is 0.400. The van der Waals surface area contributed by atoms with Crippen LogP contribution in [0.25, 0.3) is 0 Å². The summed E-state index contributed by atoms with van der Waals surface area (Å²) in [6.07, 6.45) is 0. The Kier molecular flexibility index (Phi) is 3.37. The van der Waals surface area contributed by atoms with Crippen LogP contribution in [-0.4, -0.2) is 6.04 Å². The van der Waals surface area contributed by atoms with Crippen molar-refractivity contribution in [1.29, 1.82) is 0 Å². The van der Waals surface area contributed by atoms with Gasteiger partial charge in [-0.1, -0.05) is 19.9 Å². The van der Waals surface area contributed by atoms with Gasteiger partial charge in [0.15, 0.2) is 0 Å². The first-order valence-electron chi connectivity index (χ1n) is 4.27. The Morgan fingerprint density at radius 2 is 2.00 bits per heavy atom. The summed E-state index contributed by atoms with van der Waals surface area (Å²) >= 11 is 0. The molecule has 1 rings (SSSR count). The SMILES string of the molecule is CC(C)NCc1ccc(F)cc1F. The first kappa shape index (κ1) is 10.1. The predicted octanol–water partition coefficient (Wildman–Crippen LogP) is 2.46. The largest absolute Gasteiger partial charge is 0.310 e. The summed E-state index contributed by atoms with van der Waals surface area (Å²) < 4.78 is 25.5. The molecule has 1 aromatic rings. The van der Waals surface area contributed by atoms with Gasteiger partial charge in [-0.2, -0.15) is 0 Å². The summed E-state index contributed by atoms with van der Waals surface area (Å²) in [5.74, 6) is -1.03. The standard InChI is InChI=1S/C10H13F2N/c1-7(2)13-6-8-3-4-9(11)5-10(8)12/h3-5,7,13H,6H2,1-2H3. The second-order valence-electron chi connectivity index (χ2n) is 3.27. The summed E-state index contributed by atoms with van der Waals surface area (Å²) in [6.45, 7) is 4.38. The Labute approximate surface area is 76.8 Å². The van der Waals surface area contributed by atoms with Gasteiger partial charge in [0.25, 0.3) is 0 Å². The number of hydrogen-bond acceptors (Lipinski definition) is 1. The highest BCUT2D eigenvalue weighted by atomic mass is 19.1. The highest BCUT2D eigenvalue weighted by Crippen LogP contribution is 2.09. The van der Waals surface area contributed by atoms with E-state index in [4.69, 9.17) is 0 Å². The summed E-state index contributed by atoms with van der Waals surface area (Å²) in [6, 6.07) is 3.92. The third-order valence-electron chi connectivity index (χ3n) is 1.72. The van der Waals surface area contributed by atoms with E-state index in [1.54, 1.807) is 0 Å². The van der Waals surface area contributed by atoms with Crippen molar-refractivity contribution in [1.82, 2.24) is 5.32 Å². The van der Waals surface area contributed by atoms with E-state index in [1.165, 1.54) is 12.1 Å². The quantitative estimate of drug-likeness (QED) is 0.762. The van der Waals surface area contributed by atoms with Crippen molar-refractivity contribution < 1.29 is 8.78 Å². The number of nitrogens with one attached hydrogen (secondary N) is 1. The van der Waals surface area contributed by atoms with E-state index in [2.05, 4.69) is 5.32 Å². The molecule has 1 nitrogen and oxygen atoms in total. The first-order chi connectivity index (χ1) is 6.09. The highest BCUT2D eigenvalue weighted by Gasteiger charge is 2.03. The minimum absolute atomic E-state index is 0.296. The molecule has 0 bridgehead atoms. The van der Waals surface area contributed by atoms with E-state index in [9.17, 15) is 8.78 Å². The summed E-state index contributed by atoms with van der Waals surface area (Å²) in [5, 5.41) is 3.06. The lowest BCUT2D eigenvalue weighted by atomic mass is 10.2. The van der Waals surface area contributed by atoms with E-state index in [-0.39, 0.29) is 0 Å². The maximum Gasteiger partial charge on any atom is 0.130 e. The molecule has 0 aliphatic heterocycles. The Balaban J connectivity index is 2.67. The van der Waals surface area contributed by atoms with Crippen LogP contribution in [0.15, 0.2) is 18.2 Å². The van der Waals surface area contributed by atoms with Gasteiger partial charge < -0.3 is 5.32 Å². The fourth-order valence-corrected chi connectivity index (χ4v) is 0.979. The normalized spacial score (nSPS) is 10.8. The maximum absolute atomic E-state index is 13.0. The zero-order valence-electron chi connectivity index (χ0n) is 7.77. The smallest absolute Gasteiger partial charge is 0.130 e. The van der Waals surface area contributed by atoms with Gasteiger partial charge in [0.05, 0.1) is 0 Å². The van der Waals surface area contributed by atoms with Crippen LogP contribution in [0, 0.1) is 11.6 Å². The topological polar surface area (TPSA) is 12.0 Å². The zero-order chi connectivity index (χ0) is 9.84. The molecule has 0 amide bonds. The van der Waals surface area contributed by atoms with E-state index in [1.807, 2.05) is 13.8 Å². The summed E-state index contributed by atoms with van der Waals surface area (Å²) in [5.41, 5.74) is 0.495. The van der Waals surface area contributed by atoms with Crippen LogP contribution in [0.1, 0.15) is 19.4 Å². The predicted molar refractivity (Wildman–Crippen MR) is 48.3 cm³/mol. The monoisotopic (exact) mass is 185 g/mol. The van der Waals surface area contributed by atoms with E-state index in [0.717, 1.165) is 6.07 Å². The molecule has 0 spiro atoms. The molecule has 0 aliphatic carbocycles. The molecular formula is C10H13F2N. The lowest BCUT2D eigenvalue weighted by Gasteiger charge is -2.08. The third kappa shape index (κ3) is 3.11. The molecular weight excluding hydrogens is 172 g/mol. The minimum Gasteiger partial charge on any atom is -0.310 e. The van der Waals surface area contributed by atoms with Crippen LogP contribution < -0.4 is 5.32 Å². The highest BCUT2D eigenvalue weighted by molar-refractivity contribution is 5.18. The van der Waals surface area contributed by atoms with Crippen molar-refractivity contribution in [2.75, 3.05) is 0 Å². The van der Waals surface area contributed by atoms with Gasteiger partial charge in [0.2, 0.25) is 0 Å². The van der Waals surface area contributed by atoms with E-state index >= 15 is 0 Å². The minimum atomic E-state index is -0.536. The Hall–Kier alpha value is -0.960. The molecule has 13 heavy (non-hydrogen) atoms. The molecule has 0 radical (unpaired) electrons. The molecule has 0 saturated heterocycles. The maximum atomic E-state index is 13.0. The van der Waals surface area contributed by atoms with Crippen LogP contribution in [0.2, 0.25) is 0 Å². The average Bonchev–Trinajstić information content (AvgIpc) is 2.02. The summed E-state index contributed by atoms with van der Waals surface area (Å²) in [4.78, 5) is 0. The van der Waals surface area contributed by atoms with Gasteiger partial charge in [0, 0.05) is 24.2 Å². The number of hydrogen-bond donors (Lipinski definition) is 1.